The van der Waals surface area contributed by atoms with Gasteiger partial charge in [0.15, 0.2) is 14.6 Å². The van der Waals surface area contributed by atoms with Gasteiger partial charge in [-0.2, -0.15) is 4.99 Å². The molecule has 1 heterocycles. The van der Waals surface area contributed by atoms with Crippen LogP contribution in [0.5, 0.6) is 0 Å². The van der Waals surface area contributed by atoms with Crippen molar-refractivity contribution in [2.24, 2.45) is 4.99 Å². The molecule has 0 bridgehead atoms. The first-order chi connectivity index (χ1) is 13.2. The second-order valence-corrected chi connectivity index (χ2v) is 9.76. The Labute approximate surface area is 175 Å². The molecule has 0 saturated heterocycles. The van der Waals surface area contributed by atoms with Crippen molar-refractivity contribution >= 4 is 60.5 Å². The summed E-state index contributed by atoms with van der Waals surface area (Å²) < 4.78 is 31.1. The Bertz CT molecular complexity index is 1230. The maximum Gasteiger partial charge on any atom is 0.279 e. The largest absolute Gasteiger partial charge is 0.383 e. The zero-order chi connectivity index (χ0) is 20.5. The summed E-state index contributed by atoms with van der Waals surface area (Å²) in [7, 11) is -1.86. The van der Waals surface area contributed by atoms with E-state index in [1.807, 2.05) is 0 Å². The number of benzene rings is 2. The summed E-state index contributed by atoms with van der Waals surface area (Å²) in [6, 6.07) is 9.15. The minimum absolute atomic E-state index is 0.0586. The van der Waals surface area contributed by atoms with E-state index < -0.39 is 15.7 Å². The number of methoxy groups -OCH3 is 1. The highest BCUT2D eigenvalue weighted by atomic mass is 35.5. The molecular formula is C18H16Cl2N2O4S2. The van der Waals surface area contributed by atoms with E-state index >= 15 is 0 Å². The van der Waals surface area contributed by atoms with Gasteiger partial charge in [-0.15, -0.1) is 0 Å². The summed E-state index contributed by atoms with van der Waals surface area (Å²) in [5, 5.41) is 0.989. The van der Waals surface area contributed by atoms with Crippen molar-refractivity contribution in [3.05, 3.63) is 56.8 Å². The Balaban J connectivity index is 2.17. The molecule has 3 rings (SSSR count). The first-order valence-corrected chi connectivity index (χ1v) is 11.5. The number of hydrogen-bond donors (Lipinski definition) is 0. The van der Waals surface area contributed by atoms with E-state index in [-0.39, 0.29) is 10.5 Å². The maximum atomic E-state index is 12.7. The molecule has 0 fully saturated rings. The highest BCUT2D eigenvalue weighted by Gasteiger charge is 2.15. The highest BCUT2D eigenvalue weighted by Crippen LogP contribution is 2.31. The van der Waals surface area contributed by atoms with Crippen molar-refractivity contribution in [1.82, 2.24) is 4.57 Å². The Kier molecular flexibility index (Phi) is 6.26. The average Bonchev–Trinajstić information content (AvgIpc) is 3.01. The van der Waals surface area contributed by atoms with Gasteiger partial charge in [-0.3, -0.25) is 4.79 Å². The second-order valence-electron chi connectivity index (χ2n) is 5.95. The molecule has 0 atom stereocenters. The average molecular weight is 459 g/mol. The lowest BCUT2D eigenvalue weighted by Crippen LogP contribution is -2.19. The summed E-state index contributed by atoms with van der Waals surface area (Å²) in [5.74, 6) is -0.560. The molecule has 1 amide bonds. The number of fused-ring (bicyclic) bond motifs is 1. The van der Waals surface area contributed by atoms with Crippen LogP contribution in [0.25, 0.3) is 10.2 Å². The van der Waals surface area contributed by atoms with Crippen LogP contribution in [0.4, 0.5) is 0 Å². The third-order valence-electron chi connectivity index (χ3n) is 3.95. The van der Waals surface area contributed by atoms with Crippen molar-refractivity contribution in [3.63, 3.8) is 0 Å². The lowest BCUT2D eigenvalue weighted by Gasteiger charge is -2.06. The molecular weight excluding hydrogens is 443 g/mol. The number of amides is 1. The fourth-order valence-electron chi connectivity index (χ4n) is 2.60. The van der Waals surface area contributed by atoms with E-state index in [2.05, 4.69) is 4.99 Å². The standard InChI is InChI=1S/C18H16Cl2N2O4S2/c1-26-9-8-22-15-13(19)6-7-14(20)16(15)27-18(22)21-17(23)11-4-3-5-12(10-11)28(2,24)25/h3-7,10H,8-9H2,1-2H3. The van der Waals surface area contributed by atoms with Gasteiger partial charge in [0.05, 0.1) is 31.8 Å². The summed E-state index contributed by atoms with van der Waals surface area (Å²) in [6.07, 6.45) is 1.09. The van der Waals surface area contributed by atoms with Crippen molar-refractivity contribution in [2.75, 3.05) is 20.0 Å². The number of carbonyl (C=O) groups excluding carboxylic acids is 1. The van der Waals surface area contributed by atoms with Gasteiger partial charge in [0.2, 0.25) is 0 Å². The fourth-order valence-corrected chi connectivity index (χ4v) is 4.93. The summed E-state index contributed by atoms with van der Waals surface area (Å²) in [6.45, 7) is 0.811. The molecule has 0 radical (unpaired) electrons. The molecule has 0 unspecified atom stereocenters. The summed E-state index contributed by atoms with van der Waals surface area (Å²) >= 11 is 13.9. The Morgan fingerprint density at radius 3 is 2.61 bits per heavy atom. The van der Waals surface area contributed by atoms with E-state index in [9.17, 15) is 13.2 Å². The van der Waals surface area contributed by atoms with Crippen LogP contribution in [-0.2, 0) is 21.1 Å². The molecule has 148 valence electrons. The van der Waals surface area contributed by atoms with Gasteiger partial charge in [-0.25, -0.2) is 8.42 Å². The zero-order valence-corrected chi connectivity index (χ0v) is 18.1. The molecule has 1 aromatic heterocycles. The van der Waals surface area contributed by atoms with Gasteiger partial charge < -0.3 is 9.30 Å². The predicted molar refractivity (Wildman–Crippen MR) is 111 cm³/mol. The van der Waals surface area contributed by atoms with Gasteiger partial charge >= 0.3 is 0 Å². The van der Waals surface area contributed by atoms with E-state index in [0.717, 1.165) is 6.26 Å². The van der Waals surface area contributed by atoms with Crippen molar-refractivity contribution < 1.29 is 17.9 Å². The predicted octanol–water partition coefficient (Wildman–Crippen LogP) is 3.80. The van der Waals surface area contributed by atoms with E-state index in [4.69, 9.17) is 27.9 Å². The van der Waals surface area contributed by atoms with Crippen LogP contribution in [0, 0.1) is 0 Å². The first kappa shape index (κ1) is 21.0. The van der Waals surface area contributed by atoms with Crippen LogP contribution >= 0.6 is 34.5 Å². The number of halogens is 2. The van der Waals surface area contributed by atoms with E-state index in [1.165, 1.54) is 35.6 Å². The zero-order valence-electron chi connectivity index (χ0n) is 15.0. The number of sulfone groups is 1. The van der Waals surface area contributed by atoms with Crippen LogP contribution in [0.2, 0.25) is 10.0 Å². The first-order valence-electron chi connectivity index (χ1n) is 8.08. The molecule has 0 spiro atoms. The van der Waals surface area contributed by atoms with Crippen LogP contribution in [0.3, 0.4) is 0 Å². The molecule has 3 aromatic rings. The number of rotatable bonds is 5. The Hall–Kier alpha value is -1.71. The van der Waals surface area contributed by atoms with Gasteiger partial charge in [0, 0.05) is 25.5 Å². The SMILES string of the molecule is COCCn1c(=NC(=O)c2cccc(S(C)(=O)=O)c2)sc2c(Cl)ccc(Cl)c21. The molecule has 28 heavy (non-hydrogen) atoms. The molecule has 6 nitrogen and oxygen atoms in total. The number of hydrogen-bond acceptors (Lipinski definition) is 5. The molecule has 0 aliphatic rings. The molecule has 0 aliphatic carbocycles. The van der Waals surface area contributed by atoms with E-state index in [0.29, 0.717) is 38.2 Å². The van der Waals surface area contributed by atoms with Crippen LogP contribution in [0.15, 0.2) is 46.3 Å². The van der Waals surface area contributed by atoms with E-state index in [1.54, 1.807) is 23.8 Å². The fraction of sp³-hybridized carbons (Fsp3) is 0.222. The van der Waals surface area contributed by atoms with Gasteiger partial charge in [0.1, 0.15) is 0 Å². The maximum absolute atomic E-state index is 12.7. The number of ether oxygens (including phenoxy) is 1. The molecule has 2 aromatic carbocycles. The topological polar surface area (TPSA) is 77.7 Å². The van der Waals surface area contributed by atoms with Crippen LogP contribution < -0.4 is 4.80 Å². The van der Waals surface area contributed by atoms with Gasteiger partial charge in [-0.05, 0) is 30.3 Å². The summed E-state index contributed by atoms with van der Waals surface area (Å²) in [5.41, 5.74) is 0.850. The third kappa shape index (κ3) is 4.31. The summed E-state index contributed by atoms with van der Waals surface area (Å²) in [4.78, 5) is 17.4. The third-order valence-corrected chi connectivity index (χ3v) is 6.91. The second kappa shape index (κ2) is 8.34. The lowest BCUT2D eigenvalue weighted by atomic mass is 10.2. The number of thiazole rings is 1. The minimum atomic E-state index is -3.43. The highest BCUT2D eigenvalue weighted by molar-refractivity contribution is 7.90. The normalized spacial score (nSPS) is 12.6. The number of nitrogens with zero attached hydrogens (tertiary/aromatic N) is 2. The quantitative estimate of drug-likeness (QED) is 0.582. The minimum Gasteiger partial charge on any atom is -0.383 e. The molecule has 10 heteroatoms. The van der Waals surface area contributed by atoms with Crippen molar-refractivity contribution in [3.8, 4) is 0 Å². The Morgan fingerprint density at radius 2 is 1.93 bits per heavy atom. The monoisotopic (exact) mass is 458 g/mol. The molecule has 0 saturated carbocycles. The smallest absolute Gasteiger partial charge is 0.279 e. The molecule has 0 aliphatic heterocycles. The van der Waals surface area contributed by atoms with Gasteiger partial charge in [-0.1, -0.05) is 40.6 Å². The number of aromatic nitrogens is 1. The van der Waals surface area contributed by atoms with Crippen LogP contribution in [0.1, 0.15) is 10.4 Å². The molecule has 0 N–H and O–H groups in total. The lowest BCUT2D eigenvalue weighted by molar-refractivity contribution is 0.0997. The van der Waals surface area contributed by atoms with Crippen molar-refractivity contribution in [2.45, 2.75) is 11.4 Å². The van der Waals surface area contributed by atoms with Crippen molar-refractivity contribution in [1.29, 1.82) is 0 Å². The van der Waals surface area contributed by atoms with Crippen LogP contribution in [-0.4, -0.2) is 38.9 Å². The van der Waals surface area contributed by atoms with Gasteiger partial charge in [0.25, 0.3) is 5.91 Å². The Morgan fingerprint density at radius 1 is 1.21 bits per heavy atom. The number of carbonyl (C=O) groups is 1.